The Hall–Kier alpha value is -1.82. The van der Waals surface area contributed by atoms with Crippen molar-refractivity contribution in [2.75, 3.05) is 12.3 Å². The number of halogens is 1. The molecule has 0 radical (unpaired) electrons. The highest BCUT2D eigenvalue weighted by atomic mass is 35.5. The first kappa shape index (κ1) is 14.6. The van der Waals surface area contributed by atoms with Crippen LogP contribution in [0.1, 0.15) is 30.1 Å². The molecule has 6 nitrogen and oxygen atoms in total. The van der Waals surface area contributed by atoms with Crippen LogP contribution in [-0.4, -0.2) is 17.4 Å². The number of carbonyl (C=O) groups excluding carboxylic acids is 1. The molecule has 1 atom stereocenters. The third-order valence-electron chi connectivity index (χ3n) is 3.58. The maximum Gasteiger partial charge on any atom is 0.271 e. The van der Waals surface area contributed by atoms with Crippen LogP contribution in [0, 0.1) is 22.0 Å². The Morgan fingerprint density at radius 2 is 2.25 bits per heavy atom. The molecular formula is C13H16ClN3O3. The van der Waals surface area contributed by atoms with Gasteiger partial charge < -0.3 is 11.1 Å². The zero-order chi connectivity index (χ0) is 14.9. The molecule has 1 aromatic carbocycles. The average Bonchev–Trinajstić information content (AvgIpc) is 3.22. The maximum atomic E-state index is 12.1. The summed E-state index contributed by atoms with van der Waals surface area (Å²) in [4.78, 5) is 22.2. The molecule has 0 bridgehead atoms. The lowest BCUT2D eigenvalue weighted by atomic mass is 10.1. The van der Waals surface area contributed by atoms with E-state index in [1.165, 1.54) is 12.8 Å². The standard InChI is InChI=1S/C13H16ClN3O3/c1-7(8-2-3-8)6-16-13(18)10-4-9(17(19)20)5-11(14)12(10)15/h4-5,7-8H,2-3,6,15H2,1H3,(H,16,18). The normalized spacial score (nSPS) is 15.7. The van der Waals surface area contributed by atoms with E-state index in [2.05, 4.69) is 12.2 Å². The third kappa shape index (κ3) is 3.19. The van der Waals surface area contributed by atoms with E-state index in [1.807, 2.05) is 0 Å². The fraction of sp³-hybridized carbons (Fsp3) is 0.462. The highest BCUT2D eigenvalue weighted by Gasteiger charge is 2.28. The summed E-state index contributed by atoms with van der Waals surface area (Å²) >= 11 is 5.82. The molecule has 2 rings (SSSR count). The van der Waals surface area contributed by atoms with E-state index in [0.717, 1.165) is 12.1 Å². The first-order chi connectivity index (χ1) is 9.40. The Kier molecular flexibility index (Phi) is 4.13. The van der Waals surface area contributed by atoms with E-state index in [-0.39, 0.29) is 22.0 Å². The number of benzene rings is 1. The first-order valence-corrected chi connectivity index (χ1v) is 6.79. The molecule has 3 N–H and O–H groups in total. The van der Waals surface area contributed by atoms with Crippen molar-refractivity contribution in [2.24, 2.45) is 11.8 Å². The molecule has 1 amide bonds. The summed E-state index contributed by atoms with van der Waals surface area (Å²) in [7, 11) is 0. The lowest BCUT2D eigenvalue weighted by Crippen LogP contribution is -2.29. The highest BCUT2D eigenvalue weighted by Crippen LogP contribution is 2.36. The molecule has 0 aromatic heterocycles. The molecule has 0 heterocycles. The van der Waals surface area contributed by atoms with Crippen LogP contribution < -0.4 is 11.1 Å². The van der Waals surface area contributed by atoms with Gasteiger partial charge in [0.2, 0.25) is 0 Å². The number of nitrogen functional groups attached to an aromatic ring is 1. The Morgan fingerprint density at radius 1 is 1.60 bits per heavy atom. The molecular weight excluding hydrogens is 282 g/mol. The number of rotatable bonds is 5. The van der Waals surface area contributed by atoms with Gasteiger partial charge in [-0.25, -0.2) is 0 Å². The molecule has 108 valence electrons. The van der Waals surface area contributed by atoms with Crippen LogP contribution in [-0.2, 0) is 0 Å². The summed E-state index contributed by atoms with van der Waals surface area (Å²) in [6, 6.07) is 2.29. The molecule has 1 aliphatic rings. The molecule has 1 fully saturated rings. The first-order valence-electron chi connectivity index (χ1n) is 6.41. The number of amides is 1. The minimum atomic E-state index is -0.602. The Bertz CT molecular complexity index is 558. The number of anilines is 1. The zero-order valence-corrected chi connectivity index (χ0v) is 11.8. The van der Waals surface area contributed by atoms with Crippen molar-refractivity contribution in [2.45, 2.75) is 19.8 Å². The van der Waals surface area contributed by atoms with Crippen LogP contribution in [0.3, 0.4) is 0 Å². The zero-order valence-electron chi connectivity index (χ0n) is 11.1. The molecule has 1 aliphatic carbocycles. The second kappa shape index (κ2) is 5.66. The van der Waals surface area contributed by atoms with Crippen molar-refractivity contribution < 1.29 is 9.72 Å². The summed E-state index contributed by atoms with van der Waals surface area (Å²) < 4.78 is 0. The van der Waals surface area contributed by atoms with E-state index >= 15 is 0 Å². The molecule has 20 heavy (non-hydrogen) atoms. The lowest BCUT2D eigenvalue weighted by Gasteiger charge is -2.12. The Morgan fingerprint density at radius 3 is 2.80 bits per heavy atom. The minimum Gasteiger partial charge on any atom is -0.397 e. The lowest BCUT2D eigenvalue weighted by molar-refractivity contribution is -0.384. The Labute approximate surface area is 121 Å². The summed E-state index contributed by atoms with van der Waals surface area (Å²) in [6.07, 6.45) is 2.39. The molecule has 7 heteroatoms. The van der Waals surface area contributed by atoms with Crippen molar-refractivity contribution in [3.8, 4) is 0 Å². The molecule has 0 saturated heterocycles. The van der Waals surface area contributed by atoms with Crippen molar-refractivity contribution in [1.29, 1.82) is 0 Å². The number of nitrogens with zero attached hydrogens (tertiary/aromatic N) is 1. The largest absolute Gasteiger partial charge is 0.397 e. The maximum absolute atomic E-state index is 12.1. The summed E-state index contributed by atoms with van der Waals surface area (Å²) in [5.74, 6) is 0.635. The quantitative estimate of drug-likeness (QED) is 0.496. The van der Waals surface area contributed by atoms with Crippen molar-refractivity contribution in [1.82, 2.24) is 5.32 Å². The van der Waals surface area contributed by atoms with Gasteiger partial charge in [-0.2, -0.15) is 0 Å². The van der Waals surface area contributed by atoms with Gasteiger partial charge in [0.05, 0.1) is 21.2 Å². The van der Waals surface area contributed by atoms with Gasteiger partial charge in [0.25, 0.3) is 11.6 Å². The molecule has 0 spiro atoms. The number of hydrogen-bond acceptors (Lipinski definition) is 4. The molecule has 0 aliphatic heterocycles. The summed E-state index contributed by atoms with van der Waals surface area (Å²) in [6.45, 7) is 2.60. The van der Waals surface area contributed by atoms with Crippen LogP contribution in [0.2, 0.25) is 5.02 Å². The number of nitro benzene ring substituents is 1. The number of nitro groups is 1. The Balaban J connectivity index is 2.13. The minimum absolute atomic E-state index is 0.0135. The molecule has 1 saturated carbocycles. The van der Waals surface area contributed by atoms with E-state index in [9.17, 15) is 14.9 Å². The van der Waals surface area contributed by atoms with E-state index in [1.54, 1.807) is 0 Å². The van der Waals surface area contributed by atoms with Crippen LogP contribution in [0.4, 0.5) is 11.4 Å². The van der Waals surface area contributed by atoms with Crippen molar-refractivity contribution in [3.63, 3.8) is 0 Å². The molecule has 1 aromatic rings. The van der Waals surface area contributed by atoms with Gasteiger partial charge in [0.15, 0.2) is 0 Å². The topological polar surface area (TPSA) is 98.3 Å². The molecule has 1 unspecified atom stereocenters. The van der Waals surface area contributed by atoms with Crippen molar-refractivity contribution >= 4 is 28.9 Å². The SMILES string of the molecule is CC(CNC(=O)c1cc([N+](=O)[O-])cc(Cl)c1N)C1CC1. The van der Waals surface area contributed by atoms with Crippen LogP contribution in [0.25, 0.3) is 0 Å². The number of hydrogen-bond donors (Lipinski definition) is 2. The van der Waals surface area contributed by atoms with Gasteiger partial charge in [-0.15, -0.1) is 0 Å². The number of non-ortho nitro benzene ring substituents is 1. The van der Waals surface area contributed by atoms with Gasteiger partial charge in [-0.3, -0.25) is 14.9 Å². The smallest absolute Gasteiger partial charge is 0.271 e. The monoisotopic (exact) mass is 297 g/mol. The van der Waals surface area contributed by atoms with Crippen LogP contribution >= 0.6 is 11.6 Å². The van der Waals surface area contributed by atoms with Gasteiger partial charge in [-0.1, -0.05) is 18.5 Å². The van der Waals surface area contributed by atoms with Crippen LogP contribution in [0.5, 0.6) is 0 Å². The third-order valence-corrected chi connectivity index (χ3v) is 3.89. The second-order valence-corrected chi connectivity index (χ2v) is 5.58. The van der Waals surface area contributed by atoms with E-state index in [4.69, 9.17) is 17.3 Å². The predicted octanol–water partition coefficient (Wildman–Crippen LogP) is 2.61. The van der Waals surface area contributed by atoms with Gasteiger partial charge in [-0.05, 0) is 24.7 Å². The average molecular weight is 298 g/mol. The van der Waals surface area contributed by atoms with Gasteiger partial charge in [0.1, 0.15) is 0 Å². The summed E-state index contributed by atoms with van der Waals surface area (Å²) in [5, 5.41) is 13.5. The highest BCUT2D eigenvalue weighted by molar-refractivity contribution is 6.34. The van der Waals surface area contributed by atoms with Crippen LogP contribution in [0.15, 0.2) is 12.1 Å². The predicted molar refractivity (Wildman–Crippen MR) is 76.7 cm³/mol. The van der Waals surface area contributed by atoms with Crippen molar-refractivity contribution in [3.05, 3.63) is 32.8 Å². The number of carbonyl (C=O) groups is 1. The fourth-order valence-electron chi connectivity index (χ4n) is 2.08. The number of nitrogens with two attached hydrogens (primary N) is 1. The fourth-order valence-corrected chi connectivity index (χ4v) is 2.29. The van der Waals surface area contributed by atoms with Gasteiger partial charge >= 0.3 is 0 Å². The second-order valence-electron chi connectivity index (χ2n) is 5.17. The van der Waals surface area contributed by atoms with E-state index < -0.39 is 10.8 Å². The number of nitrogens with one attached hydrogen (secondary N) is 1. The van der Waals surface area contributed by atoms with E-state index in [0.29, 0.717) is 18.4 Å². The van der Waals surface area contributed by atoms with Gasteiger partial charge in [0, 0.05) is 18.7 Å². The summed E-state index contributed by atoms with van der Waals surface area (Å²) in [5.41, 5.74) is 5.58.